The molecule has 11 heavy (non-hydrogen) atoms. The van der Waals surface area contributed by atoms with Crippen LogP contribution in [0.25, 0.3) is 0 Å². The van der Waals surface area contributed by atoms with Gasteiger partial charge in [0.25, 0.3) is 0 Å². The van der Waals surface area contributed by atoms with Crippen LogP contribution in [-0.2, 0) is 4.74 Å². The topological polar surface area (TPSA) is 29.6 Å². The maximum atomic E-state index is 11.2. The van der Waals surface area contributed by atoms with Crippen LogP contribution in [0.1, 0.15) is 10.4 Å². The van der Waals surface area contributed by atoms with E-state index >= 15 is 0 Å². The average molecular weight is 146 g/mol. The van der Waals surface area contributed by atoms with Crippen molar-refractivity contribution in [2.24, 2.45) is 0 Å². The molecule has 0 spiro atoms. The molecule has 1 aliphatic rings. The summed E-state index contributed by atoms with van der Waals surface area (Å²) in [5, 5.41) is 0. The Labute approximate surface area is 64.1 Å². The maximum Gasteiger partial charge on any atom is 0.231 e. The molecule has 0 bridgehead atoms. The van der Waals surface area contributed by atoms with Gasteiger partial charge in [0.1, 0.15) is 6.26 Å². The fraction of sp³-hybridized carbons (Fsp3) is 0. The molecule has 1 aliphatic heterocycles. The smallest absolute Gasteiger partial charge is 0.231 e. The Bertz CT molecular complexity index is 312. The quantitative estimate of drug-likeness (QED) is 0.595. The minimum Gasteiger partial charge on any atom is -0.454 e. The molecule has 1 heterocycles. The second kappa shape index (κ2) is 2.23. The molecule has 54 valence electrons. The fourth-order valence-electron chi connectivity index (χ4n) is 0.868. The molecule has 0 radical (unpaired) electrons. The number of rotatable bonds is 2. The van der Waals surface area contributed by atoms with Crippen LogP contribution in [0, 0.1) is 0 Å². The van der Waals surface area contributed by atoms with Crippen LogP contribution in [0.2, 0.25) is 0 Å². The van der Waals surface area contributed by atoms with Crippen molar-refractivity contribution in [2.75, 3.05) is 0 Å². The highest BCUT2D eigenvalue weighted by atomic mass is 16.5. The van der Waals surface area contributed by atoms with Gasteiger partial charge < -0.3 is 4.74 Å². The van der Waals surface area contributed by atoms with Gasteiger partial charge >= 0.3 is 0 Å². The highest BCUT2D eigenvalue weighted by Gasteiger charge is 2.21. The van der Waals surface area contributed by atoms with Crippen molar-refractivity contribution in [1.82, 2.24) is 0 Å². The number of ether oxygens (including phenoxy) is 1. The van der Waals surface area contributed by atoms with E-state index in [9.17, 15) is 4.79 Å². The summed E-state index contributed by atoms with van der Waals surface area (Å²) in [4.78, 5) is 11.2. The van der Waals surface area contributed by atoms with Crippen molar-refractivity contribution < 1.29 is 9.53 Å². The minimum absolute atomic E-state index is 0.0365. The van der Waals surface area contributed by atoms with Crippen molar-refractivity contribution in [2.45, 2.75) is 0 Å². The molecule has 0 atom stereocenters. The van der Waals surface area contributed by atoms with Gasteiger partial charge in [-0.05, 0) is 0 Å². The van der Waals surface area contributed by atoms with Gasteiger partial charge in [0, 0.05) is 5.56 Å². The normalized spacial score (nSPS) is 13.3. The Morgan fingerprint density at radius 3 is 2.36 bits per heavy atom. The first-order valence-electron chi connectivity index (χ1n) is 3.34. The summed E-state index contributed by atoms with van der Waals surface area (Å²) in [6, 6.07) is 9.07. The molecule has 0 amide bonds. The van der Waals surface area contributed by atoms with Crippen LogP contribution >= 0.6 is 0 Å². The Hall–Kier alpha value is -1.57. The predicted octanol–water partition coefficient (Wildman–Crippen LogP) is 1.74. The number of hydrogen-bond donors (Lipinski definition) is 0. The minimum atomic E-state index is -0.0365. The molecule has 0 saturated carbocycles. The molecule has 2 nitrogen and oxygen atoms in total. The van der Waals surface area contributed by atoms with Crippen LogP contribution in [0.15, 0.2) is 42.4 Å². The standard InChI is InChI=1S/C9H6O2/c10-9(8-6-11-8)7-4-2-1-3-5-7/h1-6H. The monoisotopic (exact) mass is 146 g/mol. The fourth-order valence-corrected chi connectivity index (χ4v) is 0.868. The molecule has 0 unspecified atom stereocenters. The number of carbonyl (C=O) groups is 1. The van der Waals surface area contributed by atoms with Gasteiger partial charge in [0.15, 0.2) is 0 Å². The van der Waals surface area contributed by atoms with Crippen LogP contribution in [0.4, 0.5) is 0 Å². The molecular weight excluding hydrogens is 140 g/mol. The van der Waals surface area contributed by atoms with Crippen molar-refractivity contribution >= 4 is 5.78 Å². The largest absolute Gasteiger partial charge is 0.454 e. The van der Waals surface area contributed by atoms with E-state index in [0.29, 0.717) is 11.3 Å². The molecule has 0 saturated heterocycles. The molecule has 0 N–H and O–H groups in total. The summed E-state index contributed by atoms with van der Waals surface area (Å²) in [6.45, 7) is 0. The molecule has 0 aliphatic carbocycles. The zero-order chi connectivity index (χ0) is 7.68. The lowest BCUT2D eigenvalue weighted by atomic mass is 10.1. The Morgan fingerprint density at radius 2 is 1.82 bits per heavy atom. The van der Waals surface area contributed by atoms with Crippen LogP contribution < -0.4 is 0 Å². The summed E-state index contributed by atoms with van der Waals surface area (Å²) < 4.78 is 4.67. The molecule has 2 heteroatoms. The van der Waals surface area contributed by atoms with E-state index in [2.05, 4.69) is 4.74 Å². The number of benzene rings is 1. The third-order valence-corrected chi connectivity index (χ3v) is 1.50. The average Bonchev–Trinajstić information content (AvgIpc) is 2.87. The number of allylic oxidation sites excluding steroid dienone is 1. The Kier molecular flexibility index (Phi) is 1.25. The maximum absolute atomic E-state index is 11.2. The van der Waals surface area contributed by atoms with Gasteiger partial charge in [-0.15, -0.1) is 0 Å². The Balaban J connectivity index is 2.29. The zero-order valence-electron chi connectivity index (χ0n) is 5.78. The number of ketones is 1. The predicted molar refractivity (Wildman–Crippen MR) is 39.9 cm³/mol. The van der Waals surface area contributed by atoms with Crippen molar-refractivity contribution in [3.63, 3.8) is 0 Å². The number of hydrogen-bond acceptors (Lipinski definition) is 2. The third-order valence-electron chi connectivity index (χ3n) is 1.50. The van der Waals surface area contributed by atoms with E-state index in [-0.39, 0.29) is 5.78 Å². The molecule has 1 aromatic rings. The third kappa shape index (κ3) is 1.15. The van der Waals surface area contributed by atoms with Crippen LogP contribution in [-0.4, -0.2) is 5.78 Å². The van der Waals surface area contributed by atoms with E-state index in [1.807, 2.05) is 18.2 Å². The van der Waals surface area contributed by atoms with E-state index in [1.165, 1.54) is 6.26 Å². The summed E-state index contributed by atoms with van der Waals surface area (Å²) in [5.74, 6) is 0.418. The number of Topliss-reactive ketones (excluding diaryl/α,β-unsaturated/α-hetero) is 1. The second-order valence-corrected chi connectivity index (χ2v) is 2.30. The lowest BCUT2D eigenvalue weighted by molar-refractivity contribution is 0.101. The van der Waals surface area contributed by atoms with Crippen LogP contribution in [0.3, 0.4) is 0 Å². The van der Waals surface area contributed by atoms with Crippen molar-refractivity contribution in [3.8, 4) is 0 Å². The molecule has 1 aromatic carbocycles. The van der Waals surface area contributed by atoms with Gasteiger partial charge in [-0.1, -0.05) is 30.3 Å². The zero-order valence-corrected chi connectivity index (χ0v) is 5.78. The number of carbonyl (C=O) groups excluding carboxylic acids is 1. The van der Waals surface area contributed by atoms with Gasteiger partial charge in [-0.2, -0.15) is 0 Å². The summed E-state index contributed by atoms with van der Waals surface area (Å²) >= 11 is 0. The molecule has 0 aromatic heterocycles. The van der Waals surface area contributed by atoms with E-state index in [0.717, 1.165) is 0 Å². The van der Waals surface area contributed by atoms with Crippen molar-refractivity contribution in [3.05, 3.63) is 47.9 Å². The SMILES string of the molecule is O=C(C1=CO1)c1ccccc1. The Morgan fingerprint density at radius 1 is 1.18 bits per heavy atom. The molecule has 2 rings (SSSR count). The first-order valence-corrected chi connectivity index (χ1v) is 3.34. The molecular formula is C9H6O2. The van der Waals surface area contributed by atoms with Gasteiger partial charge in [-0.3, -0.25) is 4.79 Å². The van der Waals surface area contributed by atoms with E-state index in [4.69, 9.17) is 0 Å². The lowest BCUT2D eigenvalue weighted by Crippen LogP contribution is -1.95. The van der Waals surface area contributed by atoms with Gasteiger partial charge in [-0.25, -0.2) is 0 Å². The van der Waals surface area contributed by atoms with Gasteiger partial charge in [0.05, 0.1) is 0 Å². The second-order valence-electron chi connectivity index (χ2n) is 2.30. The first-order chi connectivity index (χ1) is 5.38. The van der Waals surface area contributed by atoms with E-state index in [1.54, 1.807) is 12.1 Å². The van der Waals surface area contributed by atoms with Crippen molar-refractivity contribution in [1.29, 1.82) is 0 Å². The summed E-state index contributed by atoms with van der Waals surface area (Å²) in [5.41, 5.74) is 0.677. The molecule has 0 fully saturated rings. The summed E-state index contributed by atoms with van der Waals surface area (Å²) in [7, 11) is 0. The highest BCUT2D eigenvalue weighted by Crippen LogP contribution is 2.18. The van der Waals surface area contributed by atoms with E-state index < -0.39 is 0 Å². The van der Waals surface area contributed by atoms with Crippen LogP contribution in [0.5, 0.6) is 0 Å². The lowest BCUT2D eigenvalue weighted by Gasteiger charge is -1.91. The van der Waals surface area contributed by atoms with Gasteiger partial charge in [0.2, 0.25) is 11.5 Å². The summed E-state index contributed by atoms with van der Waals surface area (Å²) in [6.07, 6.45) is 1.45. The first kappa shape index (κ1) is 6.16. The highest BCUT2D eigenvalue weighted by molar-refractivity contribution is 6.08.